The first-order chi connectivity index (χ1) is 15.4. The quantitative estimate of drug-likeness (QED) is 0.452. The summed E-state index contributed by atoms with van der Waals surface area (Å²) in [4.78, 5) is 24.5. The molecule has 7 nitrogen and oxygen atoms in total. The number of carbonyl (C=O) groups excluding carboxylic acids is 2. The maximum atomic E-state index is 13.2. The highest BCUT2D eigenvalue weighted by molar-refractivity contribution is 7.91. The summed E-state index contributed by atoms with van der Waals surface area (Å²) in [5, 5.41) is 3.31. The van der Waals surface area contributed by atoms with Gasteiger partial charge in [-0.2, -0.15) is 0 Å². The Balaban J connectivity index is 1.62. The fourth-order valence-electron chi connectivity index (χ4n) is 3.45. The molecule has 0 fully saturated rings. The highest BCUT2D eigenvalue weighted by Gasteiger charge is 2.23. The van der Waals surface area contributed by atoms with Gasteiger partial charge < -0.3 is 14.6 Å². The number of aromatic nitrogens is 1. The third-order valence-corrected chi connectivity index (χ3v) is 6.80. The Kier molecular flexibility index (Phi) is 5.79. The Labute approximate surface area is 185 Å². The number of ether oxygens (including phenoxy) is 1. The minimum atomic E-state index is -3.75. The van der Waals surface area contributed by atoms with Gasteiger partial charge in [-0.25, -0.2) is 13.2 Å². The predicted octanol–water partition coefficient (Wildman–Crippen LogP) is 3.90. The Hall–Kier alpha value is -3.91. The predicted molar refractivity (Wildman–Crippen MR) is 120 cm³/mol. The van der Waals surface area contributed by atoms with Crippen LogP contribution in [0.5, 0.6) is 0 Å². The molecular formula is C24H20N2O5S. The van der Waals surface area contributed by atoms with E-state index in [1.165, 1.54) is 13.3 Å². The number of methoxy groups -OCH3 is 1. The lowest BCUT2D eigenvalue weighted by molar-refractivity contribution is -0.116. The van der Waals surface area contributed by atoms with Gasteiger partial charge in [0.1, 0.15) is 6.54 Å². The first-order valence-corrected chi connectivity index (χ1v) is 11.2. The number of amides is 1. The molecule has 1 N–H and O–H groups in total. The van der Waals surface area contributed by atoms with Gasteiger partial charge in [0.25, 0.3) is 0 Å². The molecule has 0 aliphatic heterocycles. The first kappa shape index (κ1) is 21.3. The Morgan fingerprint density at radius 2 is 1.56 bits per heavy atom. The first-order valence-electron chi connectivity index (χ1n) is 9.76. The van der Waals surface area contributed by atoms with Crippen molar-refractivity contribution in [3.05, 3.63) is 90.6 Å². The van der Waals surface area contributed by atoms with Gasteiger partial charge in [-0.05, 0) is 42.5 Å². The standard InChI is InChI=1S/C24H20N2O5S/c1-31-24(28)17-11-13-18(14-12-17)25-23(27)16-26-15-22(20-9-5-6-10-21(20)26)32(29,30)19-7-3-2-4-8-19/h2-15H,16H2,1H3,(H,25,27). The lowest BCUT2D eigenvalue weighted by Crippen LogP contribution is -2.18. The van der Waals surface area contributed by atoms with E-state index in [1.807, 2.05) is 0 Å². The number of rotatable bonds is 6. The van der Waals surface area contributed by atoms with E-state index in [9.17, 15) is 18.0 Å². The molecule has 0 unspecified atom stereocenters. The SMILES string of the molecule is COC(=O)c1ccc(NC(=O)Cn2cc(S(=O)(=O)c3ccccc3)c3ccccc32)cc1. The average molecular weight is 449 g/mol. The number of nitrogens with zero attached hydrogens (tertiary/aromatic N) is 1. The van der Waals surface area contributed by atoms with E-state index in [-0.39, 0.29) is 22.2 Å². The van der Waals surface area contributed by atoms with Gasteiger partial charge in [0.15, 0.2) is 0 Å². The third kappa shape index (κ3) is 4.13. The van der Waals surface area contributed by atoms with Crippen LogP contribution in [-0.4, -0.2) is 32.0 Å². The molecule has 0 atom stereocenters. The number of esters is 1. The zero-order valence-electron chi connectivity index (χ0n) is 17.2. The lowest BCUT2D eigenvalue weighted by Gasteiger charge is -2.08. The van der Waals surface area contributed by atoms with Gasteiger partial charge in [0, 0.05) is 22.8 Å². The summed E-state index contributed by atoms with van der Waals surface area (Å²) in [5.74, 6) is -0.797. The molecule has 0 radical (unpaired) electrons. The fraction of sp³-hybridized carbons (Fsp3) is 0.0833. The van der Waals surface area contributed by atoms with Crippen molar-refractivity contribution in [3.8, 4) is 0 Å². The van der Waals surface area contributed by atoms with E-state index in [2.05, 4.69) is 10.1 Å². The average Bonchev–Trinajstić information content (AvgIpc) is 3.19. The maximum Gasteiger partial charge on any atom is 0.337 e. The molecule has 4 rings (SSSR count). The molecule has 8 heteroatoms. The highest BCUT2D eigenvalue weighted by Crippen LogP contribution is 2.30. The normalized spacial score (nSPS) is 11.3. The number of fused-ring (bicyclic) bond motifs is 1. The van der Waals surface area contributed by atoms with E-state index >= 15 is 0 Å². The van der Waals surface area contributed by atoms with Crippen LogP contribution in [0.4, 0.5) is 5.69 Å². The lowest BCUT2D eigenvalue weighted by atomic mass is 10.2. The zero-order chi connectivity index (χ0) is 22.7. The van der Waals surface area contributed by atoms with E-state index in [1.54, 1.807) is 83.4 Å². The van der Waals surface area contributed by atoms with Crippen LogP contribution < -0.4 is 5.32 Å². The molecule has 0 spiro atoms. The number of anilines is 1. The van der Waals surface area contributed by atoms with Crippen LogP contribution in [0.1, 0.15) is 10.4 Å². The van der Waals surface area contributed by atoms with Crippen molar-refractivity contribution in [1.29, 1.82) is 0 Å². The Morgan fingerprint density at radius 1 is 0.906 bits per heavy atom. The zero-order valence-corrected chi connectivity index (χ0v) is 18.0. The summed E-state index contributed by atoms with van der Waals surface area (Å²) in [6, 6.07) is 21.6. The third-order valence-electron chi connectivity index (χ3n) is 5.00. The van der Waals surface area contributed by atoms with Crippen LogP contribution in [0.2, 0.25) is 0 Å². The van der Waals surface area contributed by atoms with E-state index in [4.69, 9.17) is 0 Å². The highest BCUT2D eigenvalue weighted by atomic mass is 32.2. The van der Waals surface area contributed by atoms with Crippen LogP contribution in [-0.2, 0) is 25.9 Å². The second-order valence-corrected chi connectivity index (χ2v) is 8.99. The molecule has 0 aliphatic carbocycles. The summed E-state index contributed by atoms with van der Waals surface area (Å²) >= 11 is 0. The van der Waals surface area contributed by atoms with Crippen molar-refractivity contribution in [2.24, 2.45) is 0 Å². The van der Waals surface area contributed by atoms with Gasteiger partial charge in [-0.15, -0.1) is 0 Å². The molecule has 0 bridgehead atoms. The summed E-state index contributed by atoms with van der Waals surface area (Å²) in [5.41, 5.74) is 1.52. The summed E-state index contributed by atoms with van der Waals surface area (Å²) in [6.45, 7) is -0.0798. The monoisotopic (exact) mass is 448 g/mol. The number of para-hydroxylation sites is 1. The van der Waals surface area contributed by atoms with Crippen LogP contribution in [0, 0.1) is 0 Å². The largest absolute Gasteiger partial charge is 0.465 e. The van der Waals surface area contributed by atoms with Crippen LogP contribution in [0.25, 0.3) is 10.9 Å². The summed E-state index contributed by atoms with van der Waals surface area (Å²) in [7, 11) is -2.45. The number of hydrogen-bond donors (Lipinski definition) is 1. The Bertz CT molecular complexity index is 1390. The van der Waals surface area contributed by atoms with Crippen molar-refractivity contribution in [2.75, 3.05) is 12.4 Å². The van der Waals surface area contributed by atoms with E-state index in [0.29, 0.717) is 22.2 Å². The molecule has 0 aliphatic rings. The van der Waals surface area contributed by atoms with Gasteiger partial charge in [0.05, 0.1) is 22.5 Å². The molecule has 1 heterocycles. The number of nitrogens with one attached hydrogen (secondary N) is 1. The number of hydrogen-bond acceptors (Lipinski definition) is 5. The molecule has 1 aromatic heterocycles. The van der Waals surface area contributed by atoms with Gasteiger partial charge in [-0.1, -0.05) is 36.4 Å². The topological polar surface area (TPSA) is 94.5 Å². The van der Waals surface area contributed by atoms with E-state index < -0.39 is 15.8 Å². The smallest absolute Gasteiger partial charge is 0.337 e. The van der Waals surface area contributed by atoms with Crippen LogP contribution in [0.3, 0.4) is 0 Å². The van der Waals surface area contributed by atoms with Crippen molar-refractivity contribution in [1.82, 2.24) is 4.57 Å². The number of benzene rings is 3. The second-order valence-electron chi connectivity index (χ2n) is 7.07. The molecule has 1 amide bonds. The van der Waals surface area contributed by atoms with E-state index in [0.717, 1.165) is 0 Å². The molecular weight excluding hydrogens is 428 g/mol. The summed E-state index contributed by atoms with van der Waals surface area (Å²) in [6.07, 6.45) is 1.49. The minimum absolute atomic E-state index is 0.0798. The molecule has 32 heavy (non-hydrogen) atoms. The molecule has 162 valence electrons. The van der Waals surface area contributed by atoms with Gasteiger partial charge in [0.2, 0.25) is 15.7 Å². The summed E-state index contributed by atoms with van der Waals surface area (Å²) < 4.78 is 32.7. The second kappa shape index (κ2) is 8.68. The number of sulfone groups is 1. The molecule has 3 aromatic carbocycles. The van der Waals surface area contributed by atoms with Gasteiger partial charge in [-0.3, -0.25) is 4.79 Å². The maximum absolute atomic E-state index is 13.2. The molecule has 0 saturated carbocycles. The van der Waals surface area contributed by atoms with Gasteiger partial charge >= 0.3 is 5.97 Å². The van der Waals surface area contributed by atoms with Crippen molar-refractivity contribution in [2.45, 2.75) is 16.3 Å². The van der Waals surface area contributed by atoms with Crippen molar-refractivity contribution >= 4 is 38.3 Å². The van der Waals surface area contributed by atoms with Crippen molar-refractivity contribution in [3.63, 3.8) is 0 Å². The molecule has 0 saturated heterocycles. The van der Waals surface area contributed by atoms with Crippen LogP contribution in [0.15, 0.2) is 94.9 Å². The Morgan fingerprint density at radius 3 is 2.25 bits per heavy atom. The fourth-order valence-corrected chi connectivity index (χ4v) is 4.94. The van der Waals surface area contributed by atoms with Crippen LogP contribution >= 0.6 is 0 Å². The van der Waals surface area contributed by atoms with Crippen molar-refractivity contribution < 1.29 is 22.7 Å². The number of carbonyl (C=O) groups is 2. The molecule has 4 aromatic rings. The minimum Gasteiger partial charge on any atom is -0.465 e.